The van der Waals surface area contributed by atoms with Crippen LogP contribution in [0.1, 0.15) is 38.3 Å². The maximum atomic E-state index is 12.5. The molecule has 2 aromatic rings. The van der Waals surface area contributed by atoms with Crippen LogP contribution in [0, 0.1) is 11.3 Å². The third-order valence-electron chi connectivity index (χ3n) is 4.59. The Morgan fingerprint density at radius 3 is 2.70 bits per heavy atom. The molecule has 6 heteroatoms. The van der Waals surface area contributed by atoms with Crippen molar-refractivity contribution in [3.8, 4) is 11.9 Å². The lowest BCUT2D eigenvalue weighted by Crippen LogP contribution is -2.34. The van der Waals surface area contributed by atoms with Gasteiger partial charge in [-0.2, -0.15) is 5.26 Å². The summed E-state index contributed by atoms with van der Waals surface area (Å²) in [4.78, 5) is 18.4. The average Bonchev–Trinajstić information content (AvgIpc) is 3.10. The van der Waals surface area contributed by atoms with Crippen LogP contribution < -0.4 is 10.1 Å². The largest absolute Gasteiger partial charge is 0.472 e. The van der Waals surface area contributed by atoms with E-state index in [1.54, 1.807) is 23.2 Å². The molecule has 0 radical (unpaired) electrons. The second-order valence-corrected chi connectivity index (χ2v) is 7.73. The van der Waals surface area contributed by atoms with E-state index >= 15 is 0 Å². The number of likely N-dealkylation sites (tertiary alicyclic amines) is 1. The van der Waals surface area contributed by atoms with Gasteiger partial charge in [-0.3, -0.25) is 0 Å². The third-order valence-corrected chi connectivity index (χ3v) is 4.59. The number of hydrogen-bond acceptors (Lipinski definition) is 4. The maximum Gasteiger partial charge on any atom is 0.321 e. The molecule has 2 amide bonds. The second-order valence-electron chi connectivity index (χ2n) is 7.73. The molecule has 1 aliphatic rings. The smallest absolute Gasteiger partial charge is 0.321 e. The fraction of sp³-hybridized carbons (Fsp3) is 0.381. The van der Waals surface area contributed by atoms with E-state index in [1.807, 2.05) is 24.3 Å². The van der Waals surface area contributed by atoms with Gasteiger partial charge in [0.1, 0.15) is 6.10 Å². The minimum atomic E-state index is -0.136. The van der Waals surface area contributed by atoms with Gasteiger partial charge in [0.15, 0.2) is 0 Å². The van der Waals surface area contributed by atoms with Crippen molar-refractivity contribution < 1.29 is 9.53 Å². The van der Waals surface area contributed by atoms with Crippen molar-refractivity contribution in [2.75, 3.05) is 18.4 Å². The van der Waals surface area contributed by atoms with Crippen LogP contribution in [0.2, 0.25) is 0 Å². The molecule has 0 aliphatic carbocycles. The van der Waals surface area contributed by atoms with Crippen molar-refractivity contribution in [1.82, 2.24) is 9.88 Å². The highest BCUT2D eigenvalue weighted by molar-refractivity contribution is 5.89. The zero-order valence-corrected chi connectivity index (χ0v) is 15.9. The summed E-state index contributed by atoms with van der Waals surface area (Å²) in [6.45, 7) is 7.59. The van der Waals surface area contributed by atoms with Gasteiger partial charge in [-0.1, -0.05) is 32.9 Å². The van der Waals surface area contributed by atoms with Crippen LogP contribution in [-0.2, 0) is 5.41 Å². The number of nitriles is 1. The van der Waals surface area contributed by atoms with Gasteiger partial charge in [0.2, 0.25) is 5.88 Å². The van der Waals surface area contributed by atoms with Gasteiger partial charge in [0, 0.05) is 30.9 Å². The molecule has 27 heavy (non-hydrogen) atoms. The third kappa shape index (κ3) is 4.76. The Labute approximate surface area is 159 Å². The van der Waals surface area contributed by atoms with Crippen LogP contribution >= 0.6 is 0 Å². The molecule has 3 rings (SSSR count). The summed E-state index contributed by atoms with van der Waals surface area (Å²) in [6, 6.07) is 13.1. The first-order valence-electron chi connectivity index (χ1n) is 9.04. The number of urea groups is 1. The number of carbonyl (C=O) groups excluding carboxylic acids is 1. The van der Waals surface area contributed by atoms with Crippen molar-refractivity contribution in [3.05, 3.63) is 53.7 Å². The van der Waals surface area contributed by atoms with Gasteiger partial charge >= 0.3 is 6.03 Å². The van der Waals surface area contributed by atoms with Crippen LogP contribution in [0.4, 0.5) is 10.5 Å². The first-order valence-corrected chi connectivity index (χ1v) is 9.04. The lowest BCUT2D eigenvalue weighted by molar-refractivity contribution is 0.190. The van der Waals surface area contributed by atoms with Crippen molar-refractivity contribution in [3.63, 3.8) is 0 Å². The van der Waals surface area contributed by atoms with Crippen molar-refractivity contribution in [2.24, 2.45) is 0 Å². The number of aromatic nitrogens is 1. The van der Waals surface area contributed by atoms with Crippen LogP contribution in [0.15, 0.2) is 42.6 Å². The molecule has 1 atom stereocenters. The lowest BCUT2D eigenvalue weighted by atomic mass is 9.87. The summed E-state index contributed by atoms with van der Waals surface area (Å²) < 4.78 is 5.82. The molecule has 140 valence electrons. The molecule has 1 aromatic carbocycles. The number of hydrogen-bond donors (Lipinski definition) is 1. The molecule has 0 spiro atoms. The number of anilines is 1. The molecule has 1 aromatic heterocycles. The summed E-state index contributed by atoms with van der Waals surface area (Å²) >= 11 is 0. The minimum absolute atomic E-state index is 0.0823. The van der Waals surface area contributed by atoms with E-state index in [1.165, 1.54) is 5.56 Å². The Hall–Kier alpha value is -3.07. The Morgan fingerprint density at radius 2 is 2.04 bits per heavy atom. The Morgan fingerprint density at radius 1 is 1.30 bits per heavy atom. The fourth-order valence-electron chi connectivity index (χ4n) is 2.98. The molecule has 1 aliphatic heterocycles. The summed E-state index contributed by atoms with van der Waals surface area (Å²) in [5, 5.41) is 11.9. The predicted molar refractivity (Wildman–Crippen MR) is 104 cm³/mol. The highest BCUT2D eigenvalue weighted by Gasteiger charge is 2.28. The van der Waals surface area contributed by atoms with Crippen molar-refractivity contribution in [1.29, 1.82) is 5.26 Å². The van der Waals surface area contributed by atoms with Gasteiger partial charge < -0.3 is 15.0 Å². The molecule has 1 fully saturated rings. The van der Waals surface area contributed by atoms with Gasteiger partial charge in [0.05, 0.1) is 18.2 Å². The number of ether oxygens (including phenoxy) is 1. The van der Waals surface area contributed by atoms with E-state index in [-0.39, 0.29) is 17.6 Å². The number of nitrogens with zero attached hydrogens (tertiary/aromatic N) is 3. The summed E-state index contributed by atoms with van der Waals surface area (Å²) in [7, 11) is 0. The highest BCUT2D eigenvalue weighted by atomic mass is 16.5. The Balaban J connectivity index is 1.55. The number of nitrogens with one attached hydrogen (secondary N) is 1. The van der Waals surface area contributed by atoms with Crippen LogP contribution in [0.3, 0.4) is 0 Å². The summed E-state index contributed by atoms with van der Waals surface area (Å²) in [5.41, 5.74) is 2.59. The maximum absolute atomic E-state index is 12.5. The number of pyridine rings is 1. The lowest BCUT2D eigenvalue weighted by Gasteiger charge is -2.20. The number of rotatable bonds is 3. The first-order chi connectivity index (χ1) is 12.8. The number of benzene rings is 1. The quantitative estimate of drug-likeness (QED) is 0.895. The molecule has 2 heterocycles. The zero-order valence-electron chi connectivity index (χ0n) is 15.9. The standard InChI is InChI=1S/C21H24N4O2/c1-21(2,3)16-4-6-17(7-5-16)24-20(26)25-11-9-18(14-25)27-19-12-15(13-22)8-10-23-19/h4-8,10,12,18H,9,11,14H2,1-3H3,(H,24,26). The van der Waals surface area contributed by atoms with E-state index in [4.69, 9.17) is 10.00 Å². The first kappa shape index (κ1) is 18.7. The Bertz CT molecular complexity index is 850. The Kier molecular flexibility index (Phi) is 5.31. The molecule has 1 saturated heterocycles. The highest BCUT2D eigenvalue weighted by Crippen LogP contribution is 2.24. The molecule has 1 unspecified atom stereocenters. The zero-order chi connectivity index (χ0) is 19.4. The number of amides is 2. The van der Waals surface area contributed by atoms with E-state index in [0.717, 1.165) is 12.1 Å². The monoisotopic (exact) mass is 364 g/mol. The van der Waals surface area contributed by atoms with Gasteiger partial charge in [-0.05, 0) is 29.2 Å². The van der Waals surface area contributed by atoms with Crippen molar-refractivity contribution in [2.45, 2.75) is 38.7 Å². The second kappa shape index (κ2) is 7.67. The van der Waals surface area contributed by atoms with Gasteiger partial charge in [0.25, 0.3) is 0 Å². The van der Waals surface area contributed by atoms with Crippen molar-refractivity contribution >= 4 is 11.7 Å². The molecular formula is C21H24N4O2. The minimum Gasteiger partial charge on any atom is -0.472 e. The van der Waals surface area contributed by atoms with Crippen LogP contribution in [0.25, 0.3) is 0 Å². The molecule has 0 saturated carbocycles. The molecule has 1 N–H and O–H groups in total. The predicted octanol–water partition coefficient (Wildman–Crippen LogP) is 3.94. The topological polar surface area (TPSA) is 78.3 Å². The van der Waals surface area contributed by atoms with E-state index in [9.17, 15) is 4.79 Å². The average molecular weight is 364 g/mol. The number of carbonyl (C=O) groups is 1. The van der Waals surface area contributed by atoms with Gasteiger partial charge in [-0.25, -0.2) is 9.78 Å². The van der Waals surface area contributed by atoms with E-state index < -0.39 is 0 Å². The fourth-order valence-corrected chi connectivity index (χ4v) is 2.98. The van der Waals surface area contributed by atoms with Crippen LogP contribution in [-0.4, -0.2) is 35.1 Å². The van der Waals surface area contributed by atoms with Crippen LogP contribution in [0.5, 0.6) is 5.88 Å². The SMILES string of the molecule is CC(C)(C)c1ccc(NC(=O)N2CCC(Oc3cc(C#N)ccn3)C2)cc1. The van der Waals surface area contributed by atoms with E-state index in [2.05, 4.69) is 37.1 Å². The molecular weight excluding hydrogens is 340 g/mol. The summed E-state index contributed by atoms with van der Waals surface area (Å²) in [6.07, 6.45) is 2.16. The van der Waals surface area contributed by atoms with E-state index in [0.29, 0.717) is 24.5 Å². The normalized spacial score (nSPS) is 16.7. The van der Waals surface area contributed by atoms with Gasteiger partial charge in [-0.15, -0.1) is 0 Å². The molecule has 6 nitrogen and oxygen atoms in total. The summed E-state index contributed by atoms with van der Waals surface area (Å²) in [5.74, 6) is 0.416. The molecule has 0 bridgehead atoms.